The van der Waals surface area contributed by atoms with Gasteiger partial charge in [-0.15, -0.1) is 11.8 Å². The summed E-state index contributed by atoms with van der Waals surface area (Å²) in [6.07, 6.45) is 1.43. The molecule has 0 unspecified atom stereocenters. The molecule has 1 saturated heterocycles. The fourth-order valence-electron chi connectivity index (χ4n) is 2.03. The first kappa shape index (κ1) is 15.5. The topological polar surface area (TPSA) is 55.6 Å². The predicted octanol–water partition coefficient (Wildman–Crippen LogP) is 2.65. The van der Waals surface area contributed by atoms with E-state index in [1.54, 1.807) is 17.8 Å². The second-order valence-corrected chi connectivity index (χ2v) is 6.20. The van der Waals surface area contributed by atoms with E-state index >= 15 is 0 Å². The second-order valence-electron chi connectivity index (χ2n) is 4.63. The van der Waals surface area contributed by atoms with E-state index in [1.807, 2.05) is 17.0 Å². The Bertz CT molecular complexity index is 464. The van der Waals surface area contributed by atoms with E-state index in [4.69, 9.17) is 22.1 Å². The number of hydrogen-bond acceptors (Lipinski definition) is 4. The molecular weight excluding hydrogens is 296 g/mol. The Kier molecular flexibility index (Phi) is 6.01. The van der Waals surface area contributed by atoms with Crippen LogP contribution < -0.4 is 5.73 Å². The third-order valence-corrected chi connectivity index (χ3v) is 4.54. The zero-order chi connectivity index (χ0) is 14.4. The van der Waals surface area contributed by atoms with E-state index in [1.165, 1.54) is 0 Å². The molecule has 0 atom stereocenters. The van der Waals surface area contributed by atoms with Crippen LogP contribution >= 0.6 is 23.4 Å². The number of thioether (sulfide) groups is 1. The summed E-state index contributed by atoms with van der Waals surface area (Å²) in [5, 5.41) is 0.648. The van der Waals surface area contributed by atoms with Crippen LogP contribution in [0.3, 0.4) is 0 Å². The molecule has 1 aliphatic heterocycles. The van der Waals surface area contributed by atoms with Gasteiger partial charge in [-0.3, -0.25) is 4.79 Å². The van der Waals surface area contributed by atoms with Crippen molar-refractivity contribution in [3.8, 4) is 0 Å². The van der Waals surface area contributed by atoms with Crippen LogP contribution in [0.25, 0.3) is 0 Å². The number of anilines is 1. The molecule has 110 valence electrons. The number of carbonyl (C=O) groups excluding carboxylic acids is 1. The van der Waals surface area contributed by atoms with Gasteiger partial charge in [0.15, 0.2) is 0 Å². The third kappa shape index (κ3) is 4.58. The number of nitrogens with two attached hydrogens (primary N) is 1. The lowest BCUT2D eigenvalue weighted by Crippen LogP contribution is -2.40. The SMILES string of the molecule is Nc1cc(Cl)ccc1SCCCC(=O)N1CCOCC1. The zero-order valence-electron chi connectivity index (χ0n) is 11.3. The number of amides is 1. The molecule has 20 heavy (non-hydrogen) atoms. The van der Waals surface area contributed by atoms with Crippen LogP contribution in [-0.4, -0.2) is 42.9 Å². The lowest BCUT2D eigenvalue weighted by Gasteiger charge is -2.26. The molecule has 1 fully saturated rings. The fourth-order valence-corrected chi connectivity index (χ4v) is 3.11. The summed E-state index contributed by atoms with van der Waals surface area (Å²) < 4.78 is 5.23. The summed E-state index contributed by atoms with van der Waals surface area (Å²) in [6.45, 7) is 2.75. The minimum atomic E-state index is 0.220. The van der Waals surface area contributed by atoms with Crippen LogP contribution in [0.2, 0.25) is 5.02 Å². The highest BCUT2D eigenvalue weighted by molar-refractivity contribution is 7.99. The first-order valence-corrected chi connectivity index (χ1v) is 8.06. The number of morpholine rings is 1. The van der Waals surface area contributed by atoms with Crippen LogP contribution in [0.15, 0.2) is 23.1 Å². The number of rotatable bonds is 5. The number of ether oxygens (including phenoxy) is 1. The summed E-state index contributed by atoms with van der Waals surface area (Å²) >= 11 is 7.52. The van der Waals surface area contributed by atoms with Crippen LogP contribution in [-0.2, 0) is 9.53 Å². The van der Waals surface area contributed by atoms with Gasteiger partial charge in [0.25, 0.3) is 0 Å². The molecule has 2 rings (SSSR count). The van der Waals surface area contributed by atoms with Gasteiger partial charge in [-0.05, 0) is 30.4 Å². The van der Waals surface area contributed by atoms with Crippen LogP contribution in [0.4, 0.5) is 5.69 Å². The molecule has 1 amide bonds. The summed E-state index contributed by atoms with van der Waals surface area (Å²) in [4.78, 5) is 14.8. The molecule has 0 aliphatic carbocycles. The summed E-state index contributed by atoms with van der Waals surface area (Å²) in [6, 6.07) is 5.51. The van der Waals surface area contributed by atoms with Crippen LogP contribution in [0, 0.1) is 0 Å². The molecule has 1 aliphatic rings. The van der Waals surface area contributed by atoms with Crippen molar-refractivity contribution in [2.24, 2.45) is 0 Å². The number of nitrogens with zero attached hydrogens (tertiary/aromatic N) is 1. The van der Waals surface area contributed by atoms with Crippen molar-refractivity contribution in [1.82, 2.24) is 4.90 Å². The zero-order valence-corrected chi connectivity index (χ0v) is 12.9. The highest BCUT2D eigenvalue weighted by Gasteiger charge is 2.15. The molecular formula is C14H19ClN2O2S. The smallest absolute Gasteiger partial charge is 0.222 e. The first-order valence-electron chi connectivity index (χ1n) is 6.70. The summed E-state index contributed by atoms with van der Waals surface area (Å²) in [5.74, 6) is 1.10. The highest BCUT2D eigenvalue weighted by atomic mass is 35.5. The molecule has 6 heteroatoms. The van der Waals surface area contributed by atoms with Gasteiger partial charge in [-0.2, -0.15) is 0 Å². The van der Waals surface area contributed by atoms with Crippen molar-refractivity contribution < 1.29 is 9.53 Å². The fraction of sp³-hybridized carbons (Fsp3) is 0.500. The van der Waals surface area contributed by atoms with Gasteiger partial charge in [-0.1, -0.05) is 11.6 Å². The number of nitrogen functional groups attached to an aromatic ring is 1. The van der Waals surface area contributed by atoms with E-state index < -0.39 is 0 Å². The standard InChI is InChI=1S/C14H19ClN2O2S/c15-11-3-4-13(12(16)10-11)20-9-1-2-14(18)17-5-7-19-8-6-17/h3-4,10H,1-2,5-9,16H2. The Labute approximate surface area is 128 Å². The minimum absolute atomic E-state index is 0.220. The third-order valence-electron chi connectivity index (χ3n) is 3.13. The Morgan fingerprint density at radius 2 is 2.15 bits per heavy atom. The van der Waals surface area contributed by atoms with Crippen LogP contribution in [0.5, 0.6) is 0 Å². The van der Waals surface area contributed by atoms with Gasteiger partial charge in [0.05, 0.1) is 13.2 Å². The predicted molar refractivity (Wildman–Crippen MR) is 83.2 cm³/mol. The van der Waals surface area contributed by atoms with Gasteiger partial charge < -0.3 is 15.4 Å². The Balaban J connectivity index is 1.69. The van der Waals surface area contributed by atoms with Crippen molar-refractivity contribution in [1.29, 1.82) is 0 Å². The average molecular weight is 315 g/mol. The lowest BCUT2D eigenvalue weighted by molar-refractivity contribution is -0.135. The molecule has 1 aromatic rings. The molecule has 4 nitrogen and oxygen atoms in total. The molecule has 2 N–H and O–H groups in total. The highest BCUT2D eigenvalue weighted by Crippen LogP contribution is 2.28. The largest absolute Gasteiger partial charge is 0.398 e. The van der Waals surface area contributed by atoms with Crippen molar-refractivity contribution in [3.05, 3.63) is 23.2 Å². The Hall–Kier alpha value is -0.910. The van der Waals surface area contributed by atoms with Gasteiger partial charge >= 0.3 is 0 Å². The number of hydrogen-bond donors (Lipinski definition) is 1. The first-order chi connectivity index (χ1) is 9.66. The number of benzene rings is 1. The van der Waals surface area contributed by atoms with Crippen molar-refractivity contribution >= 4 is 35.0 Å². The molecule has 0 saturated carbocycles. The summed E-state index contributed by atoms with van der Waals surface area (Å²) in [5.41, 5.74) is 6.58. The van der Waals surface area contributed by atoms with Gasteiger partial charge in [0.1, 0.15) is 0 Å². The van der Waals surface area contributed by atoms with Crippen molar-refractivity contribution in [2.45, 2.75) is 17.7 Å². The molecule has 1 heterocycles. The number of halogens is 1. The van der Waals surface area contributed by atoms with E-state index in [9.17, 15) is 4.79 Å². The van der Waals surface area contributed by atoms with E-state index in [2.05, 4.69) is 0 Å². The van der Waals surface area contributed by atoms with Crippen molar-refractivity contribution in [3.63, 3.8) is 0 Å². The van der Waals surface area contributed by atoms with E-state index in [0.29, 0.717) is 30.3 Å². The molecule has 0 spiro atoms. The maximum Gasteiger partial charge on any atom is 0.222 e. The normalized spacial score (nSPS) is 15.3. The average Bonchev–Trinajstić information content (AvgIpc) is 2.46. The van der Waals surface area contributed by atoms with Gasteiger partial charge in [-0.25, -0.2) is 0 Å². The molecule has 1 aromatic carbocycles. The second kappa shape index (κ2) is 7.76. The van der Waals surface area contributed by atoms with Gasteiger partial charge in [0.2, 0.25) is 5.91 Å². The molecule has 0 radical (unpaired) electrons. The minimum Gasteiger partial charge on any atom is -0.398 e. The quantitative estimate of drug-likeness (QED) is 0.516. The monoisotopic (exact) mass is 314 g/mol. The maximum atomic E-state index is 11.9. The number of carbonyl (C=O) groups is 1. The summed E-state index contributed by atoms with van der Waals surface area (Å²) in [7, 11) is 0. The Morgan fingerprint density at radius 3 is 2.85 bits per heavy atom. The molecule has 0 bridgehead atoms. The lowest BCUT2D eigenvalue weighted by atomic mass is 10.3. The Morgan fingerprint density at radius 1 is 1.40 bits per heavy atom. The van der Waals surface area contributed by atoms with E-state index in [-0.39, 0.29) is 5.91 Å². The van der Waals surface area contributed by atoms with Crippen molar-refractivity contribution in [2.75, 3.05) is 37.8 Å². The van der Waals surface area contributed by atoms with E-state index in [0.717, 1.165) is 30.2 Å². The maximum absolute atomic E-state index is 11.9. The van der Waals surface area contributed by atoms with Crippen LogP contribution in [0.1, 0.15) is 12.8 Å². The van der Waals surface area contributed by atoms with Gasteiger partial charge in [0, 0.05) is 35.1 Å². The molecule has 0 aromatic heterocycles.